The molecular weight excluding hydrogens is 411 g/mol. The lowest BCUT2D eigenvalue weighted by atomic mass is 9.95. The summed E-state index contributed by atoms with van der Waals surface area (Å²) in [6, 6.07) is 4.63. The van der Waals surface area contributed by atoms with Crippen LogP contribution in [0.3, 0.4) is 0 Å². The molecule has 31 heavy (non-hydrogen) atoms. The molecular formula is C21H24F3N5O2. The summed E-state index contributed by atoms with van der Waals surface area (Å²) in [4.78, 5) is 36.1. The van der Waals surface area contributed by atoms with Gasteiger partial charge in [0.05, 0.1) is 18.1 Å². The maximum Gasteiger partial charge on any atom is 0.406 e. The number of alkyl halides is 3. The molecule has 2 aliphatic rings. The van der Waals surface area contributed by atoms with Gasteiger partial charge in [-0.15, -0.1) is 0 Å². The number of rotatable bonds is 5. The molecule has 4 rings (SSSR count). The number of pyridine rings is 1. The largest absolute Gasteiger partial charge is 0.406 e. The van der Waals surface area contributed by atoms with Crippen molar-refractivity contribution in [2.75, 3.05) is 26.2 Å². The molecule has 0 spiro atoms. The Morgan fingerprint density at radius 1 is 1.03 bits per heavy atom. The van der Waals surface area contributed by atoms with E-state index in [-0.39, 0.29) is 18.0 Å². The Hall–Kier alpha value is -2.75. The first-order valence-corrected chi connectivity index (χ1v) is 10.4. The van der Waals surface area contributed by atoms with Gasteiger partial charge in [0, 0.05) is 37.1 Å². The molecule has 2 fully saturated rings. The second kappa shape index (κ2) is 8.78. The molecule has 1 amide bonds. The molecule has 166 valence electrons. The van der Waals surface area contributed by atoms with Crippen LogP contribution in [0.1, 0.15) is 19.3 Å². The van der Waals surface area contributed by atoms with Crippen molar-refractivity contribution in [1.82, 2.24) is 24.3 Å². The zero-order valence-corrected chi connectivity index (χ0v) is 17.0. The van der Waals surface area contributed by atoms with Crippen molar-refractivity contribution >= 4 is 5.91 Å². The summed E-state index contributed by atoms with van der Waals surface area (Å²) in [5.74, 6) is -0.173. The lowest BCUT2D eigenvalue weighted by molar-refractivity contribution is -0.159. The van der Waals surface area contributed by atoms with Gasteiger partial charge in [-0.1, -0.05) is 0 Å². The van der Waals surface area contributed by atoms with E-state index in [0.717, 1.165) is 23.3 Å². The maximum atomic E-state index is 12.6. The summed E-state index contributed by atoms with van der Waals surface area (Å²) in [7, 11) is 0. The first-order chi connectivity index (χ1) is 14.8. The smallest absolute Gasteiger partial charge is 0.332 e. The van der Waals surface area contributed by atoms with Gasteiger partial charge in [0.1, 0.15) is 6.54 Å². The third kappa shape index (κ3) is 5.12. The lowest BCUT2D eigenvalue weighted by Crippen LogP contribution is -2.47. The summed E-state index contributed by atoms with van der Waals surface area (Å²) >= 11 is 0. The highest BCUT2D eigenvalue weighted by atomic mass is 19.4. The van der Waals surface area contributed by atoms with E-state index in [1.165, 1.54) is 6.07 Å². The monoisotopic (exact) mass is 435 g/mol. The minimum atomic E-state index is -4.37. The Morgan fingerprint density at radius 3 is 2.39 bits per heavy atom. The van der Waals surface area contributed by atoms with E-state index in [1.54, 1.807) is 35.4 Å². The van der Waals surface area contributed by atoms with Crippen LogP contribution in [-0.4, -0.2) is 68.6 Å². The van der Waals surface area contributed by atoms with Gasteiger partial charge in [-0.05, 0) is 50.4 Å². The van der Waals surface area contributed by atoms with Gasteiger partial charge in [-0.25, -0.2) is 4.98 Å². The van der Waals surface area contributed by atoms with Crippen LogP contribution in [0.4, 0.5) is 13.2 Å². The fourth-order valence-electron chi connectivity index (χ4n) is 4.40. The van der Waals surface area contributed by atoms with E-state index in [1.807, 2.05) is 4.90 Å². The average Bonchev–Trinajstić information content (AvgIpc) is 3.09. The third-order valence-corrected chi connectivity index (χ3v) is 6.04. The molecule has 0 radical (unpaired) electrons. The summed E-state index contributed by atoms with van der Waals surface area (Å²) in [5, 5.41) is 0. The Labute approximate surface area is 177 Å². The number of carbonyl (C=O) groups excluding carboxylic acids is 1. The maximum absolute atomic E-state index is 12.6. The van der Waals surface area contributed by atoms with Crippen LogP contribution in [0.25, 0.3) is 11.3 Å². The Bertz CT molecular complexity index is 971. The molecule has 0 bridgehead atoms. The van der Waals surface area contributed by atoms with Crippen molar-refractivity contribution < 1.29 is 18.0 Å². The minimum Gasteiger partial charge on any atom is -0.332 e. The highest BCUT2D eigenvalue weighted by Gasteiger charge is 2.42. The zero-order chi connectivity index (χ0) is 22.0. The first kappa shape index (κ1) is 21.5. The highest BCUT2D eigenvalue weighted by Crippen LogP contribution is 2.27. The summed E-state index contributed by atoms with van der Waals surface area (Å²) < 4.78 is 39.5. The Morgan fingerprint density at radius 2 is 1.74 bits per heavy atom. The number of hydrogen-bond acceptors (Lipinski definition) is 5. The van der Waals surface area contributed by atoms with E-state index in [9.17, 15) is 22.8 Å². The number of likely N-dealkylation sites (tertiary alicyclic amines) is 2. The molecule has 2 aliphatic heterocycles. The van der Waals surface area contributed by atoms with Crippen molar-refractivity contribution in [3.8, 4) is 11.3 Å². The quantitative estimate of drug-likeness (QED) is 0.720. The summed E-state index contributed by atoms with van der Waals surface area (Å²) in [6.45, 7) is 0.781. The van der Waals surface area contributed by atoms with Crippen molar-refractivity contribution in [2.24, 2.45) is 5.92 Å². The van der Waals surface area contributed by atoms with Crippen LogP contribution < -0.4 is 5.56 Å². The number of carbonyl (C=O) groups is 1. The van der Waals surface area contributed by atoms with E-state index in [2.05, 4.69) is 9.97 Å². The molecule has 1 atom stereocenters. The van der Waals surface area contributed by atoms with Crippen LogP contribution in [0.15, 0.2) is 41.7 Å². The molecule has 10 heteroatoms. The van der Waals surface area contributed by atoms with Gasteiger partial charge in [0.25, 0.3) is 5.56 Å². The second-order valence-electron chi connectivity index (χ2n) is 8.16. The number of amides is 1. The molecule has 0 aliphatic carbocycles. The van der Waals surface area contributed by atoms with Crippen LogP contribution in [0, 0.1) is 5.92 Å². The van der Waals surface area contributed by atoms with E-state index < -0.39 is 24.7 Å². The molecule has 7 nitrogen and oxygen atoms in total. The molecule has 0 N–H and O–H groups in total. The van der Waals surface area contributed by atoms with Gasteiger partial charge in [-0.2, -0.15) is 13.2 Å². The topological polar surface area (TPSA) is 71.3 Å². The Balaban J connectivity index is 1.32. The molecule has 0 saturated carbocycles. The highest BCUT2D eigenvalue weighted by molar-refractivity contribution is 5.84. The van der Waals surface area contributed by atoms with E-state index >= 15 is 0 Å². The van der Waals surface area contributed by atoms with Gasteiger partial charge in [0.15, 0.2) is 0 Å². The Kier molecular flexibility index (Phi) is 6.08. The van der Waals surface area contributed by atoms with Crippen molar-refractivity contribution in [3.63, 3.8) is 0 Å². The van der Waals surface area contributed by atoms with Crippen LogP contribution in [0.2, 0.25) is 0 Å². The van der Waals surface area contributed by atoms with E-state index in [4.69, 9.17) is 0 Å². The SMILES string of the molecule is O=C1C(N2CCC(Cn3cnc(-c4ccncc4)cc3=O)CC2)CCN1CC(F)(F)F. The molecule has 2 saturated heterocycles. The van der Waals surface area contributed by atoms with Gasteiger partial charge >= 0.3 is 6.18 Å². The fourth-order valence-corrected chi connectivity index (χ4v) is 4.40. The molecule has 0 aromatic carbocycles. The van der Waals surface area contributed by atoms with Gasteiger partial charge in [0.2, 0.25) is 5.91 Å². The van der Waals surface area contributed by atoms with Gasteiger partial charge in [-0.3, -0.25) is 24.0 Å². The van der Waals surface area contributed by atoms with Crippen LogP contribution in [-0.2, 0) is 11.3 Å². The second-order valence-corrected chi connectivity index (χ2v) is 8.16. The first-order valence-electron chi connectivity index (χ1n) is 10.4. The van der Waals surface area contributed by atoms with E-state index in [0.29, 0.717) is 31.7 Å². The van der Waals surface area contributed by atoms with Crippen LogP contribution >= 0.6 is 0 Å². The van der Waals surface area contributed by atoms with Crippen molar-refractivity contribution in [1.29, 1.82) is 0 Å². The number of hydrogen-bond donors (Lipinski definition) is 0. The predicted molar refractivity (Wildman–Crippen MR) is 107 cm³/mol. The fraction of sp³-hybridized carbons (Fsp3) is 0.524. The summed E-state index contributed by atoms with van der Waals surface area (Å²) in [5.41, 5.74) is 1.30. The predicted octanol–water partition coefficient (Wildman–Crippen LogP) is 2.18. The van der Waals surface area contributed by atoms with Crippen LogP contribution in [0.5, 0.6) is 0 Å². The number of aromatic nitrogens is 3. The molecule has 2 aromatic heterocycles. The third-order valence-electron chi connectivity index (χ3n) is 6.04. The number of halogens is 3. The van der Waals surface area contributed by atoms with Crippen molar-refractivity contribution in [2.45, 2.75) is 38.0 Å². The van der Waals surface area contributed by atoms with Crippen molar-refractivity contribution in [3.05, 3.63) is 47.3 Å². The summed E-state index contributed by atoms with van der Waals surface area (Å²) in [6.07, 6.45) is 2.47. The zero-order valence-electron chi connectivity index (χ0n) is 17.0. The normalized spacial score (nSPS) is 21.1. The molecule has 1 unspecified atom stereocenters. The lowest BCUT2D eigenvalue weighted by Gasteiger charge is -2.35. The minimum absolute atomic E-state index is 0.127. The standard InChI is InChI=1S/C21H24F3N5O2/c22-21(23,24)13-28-10-5-18(20(28)31)27-8-3-15(4-9-27)12-29-14-26-17(11-19(29)30)16-1-6-25-7-2-16/h1-2,6-7,11,14-15,18H,3-5,8-10,12-13H2. The average molecular weight is 435 g/mol. The van der Waals surface area contributed by atoms with Gasteiger partial charge < -0.3 is 4.90 Å². The molecule has 4 heterocycles. The molecule has 2 aromatic rings. The number of piperidine rings is 1. The number of nitrogens with zero attached hydrogens (tertiary/aromatic N) is 5.